The number of rotatable bonds is 4. The molecule has 1 unspecified atom stereocenters. The highest BCUT2D eigenvalue weighted by Crippen LogP contribution is 2.40. The highest BCUT2D eigenvalue weighted by molar-refractivity contribution is 4.85. The quantitative estimate of drug-likeness (QED) is 0.837. The third-order valence-corrected chi connectivity index (χ3v) is 5.50. The van der Waals surface area contributed by atoms with Gasteiger partial charge in [-0.25, -0.2) is 0 Å². The Morgan fingerprint density at radius 2 is 1.74 bits per heavy atom. The van der Waals surface area contributed by atoms with Gasteiger partial charge >= 0.3 is 0 Å². The lowest BCUT2D eigenvalue weighted by Gasteiger charge is -2.38. The Morgan fingerprint density at radius 1 is 1.05 bits per heavy atom. The van der Waals surface area contributed by atoms with Gasteiger partial charge in [0.05, 0.1) is 0 Å². The van der Waals surface area contributed by atoms with Crippen LogP contribution in [-0.4, -0.2) is 37.6 Å². The summed E-state index contributed by atoms with van der Waals surface area (Å²) in [4.78, 5) is 2.76. The average Bonchev–Trinajstić information content (AvgIpc) is 2.77. The molecule has 0 aromatic heterocycles. The molecule has 0 radical (unpaired) electrons. The van der Waals surface area contributed by atoms with Crippen molar-refractivity contribution in [2.45, 2.75) is 65.3 Å². The van der Waals surface area contributed by atoms with Gasteiger partial charge in [0.15, 0.2) is 0 Å². The first-order chi connectivity index (χ1) is 9.00. The molecule has 2 nitrogen and oxygen atoms in total. The van der Waals surface area contributed by atoms with Crippen molar-refractivity contribution in [1.29, 1.82) is 0 Å². The van der Waals surface area contributed by atoms with Gasteiger partial charge in [-0.3, -0.25) is 4.90 Å². The van der Waals surface area contributed by atoms with Crippen LogP contribution >= 0.6 is 0 Å². The first-order valence-electron chi connectivity index (χ1n) is 8.39. The number of likely N-dealkylation sites (tertiary alicyclic amines) is 1. The average molecular weight is 266 g/mol. The SMILES string of the molecule is CNCC1CCCN1CC1CCC(C(C)(C)C)CC1. The molecule has 0 bridgehead atoms. The fraction of sp³-hybridized carbons (Fsp3) is 1.00. The van der Waals surface area contributed by atoms with E-state index in [2.05, 4.69) is 38.0 Å². The Labute approximate surface area is 120 Å². The smallest absolute Gasteiger partial charge is 0.0221 e. The maximum absolute atomic E-state index is 3.36. The van der Waals surface area contributed by atoms with Crippen LogP contribution < -0.4 is 5.32 Å². The predicted molar refractivity (Wildman–Crippen MR) is 83.4 cm³/mol. The second-order valence-electron chi connectivity index (χ2n) is 7.93. The van der Waals surface area contributed by atoms with Gasteiger partial charge in [-0.05, 0) is 69.4 Å². The molecule has 1 aliphatic heterocycles. The lowest BCUT2D eigenvalue weighted by molar-refractivity contribution is 0.120. The molecule has 0 spiro atoms. The fourth-order valence-electron chi connectivity index (χ4n) is 4.14. The summed E-state index contributed by atoms with van der Waals surface area (Å²) in [5, 5.41) is 3.36. The van der Waals surface area contributed by atoms with Crippen LogP contribution in [0.1, 0.15) is 59.3 Å². The van der Waals surface area contributed by atoms with Gasteiger partial charge in [0.1, 0.15) is 0 Å². The van der Waals surface area contributed by atoms with E-state index in [0.29, 0.717) is 5.41 Å². The number of hydrogen-bond acceptors (Lipinski definition) is 2. The van der Waals surface area contributed by atoms with E-state index in [1.165, 1.54) is 58.2 Å². The predicted octanol–water partition coefficient (Wildman–Crippen LogP) is 3.52. The number of likely N-dealkylation sites (N-methyl/N-ethyl adjacent to an activating group) is 1. The largest absolute Gasteiger partial charge is 0.318 e. The van der Waals surface area contributed by atoms with E-state index in [1.807, 2.05) is 0 Å². The molecule has 0 aromatic carbocycles. The molecular formula is C17H34N2. The molecule has 2 fully saturated rings. The van der Waals surface area contributed by atoms with E-state index in [0.717, 1.165) is 17.9 Å². The lowest BCUT2D eigenvalue weighted by Crippen LogP contribution is -2.40. The maximum atomic E-state index is 3.36. The van der Waals surface area contributed by atoms with Gasteiger partial charge in [-0.1, -0.05) is 20.8 Å². The summed E-state index contributed by atoms with van der Waals surface area (Å²) in [5.74, 6) is 1.92. The van der Waals surface area contributed by atoms with E-state index < -0.39 is 0 Å². The summed E-state index contributed by atoms with van der Waals surface area (Å²) in [7, 11) is 2.09. The normalized spacial score (nSPS) is 33.8. The van der Waals surface area contributed by atoms with Crippen molar-refractivity contribution in [3.63, 3.8) is 0 Å². The third-order valence-electron chi connectivity index (χ3n) is 5.50. The van der Waals surface area contributed by atoms with Crippen LogP contribution in [0.2, 0.25) is 0 Å². The zero-order valence-corrected chi connectivity index (χ0v) is 13.5. The van der Waals surface area contributed by atoms with E-state index in [-0.39, 0.29) is 0 Å². The topological polar surface area (TPSA) is 15.3 Å². The zero-order valence-electron chi connectivity index (χ0n) is 13.5. The molecule has 2 heteroatoms. The van der Waals surface area contributed by atoms with Gasteiger partial charge in [0.25, 0.3) is 0 Å². The van der Waals surface area contributed by atoms with Crippen LogP contribution in [0.3, 0.4) is 0 Å². The summed E-state index contributed by atoms with van der Waals surface area (Å²) in [6.45, 7) is 11.1. The van der Waals surface area contributed by atoms with Crippen LogP contribution in [0.15, 0.2) is 0 Å². The molecule has 19 heavy (non-hydrogen) atoms. The minimum absolute atomic E-state index is 0.521. The minimum Gasteiger partial charge on any atom is -0.318 e. The Balaban J connectivity index is 1.76. The van der Waals surface area contributed by atoms with Crippen molar-refractivity contribution < 1.29 is 0 Å². The van der Waals surface area contributed by atoms with E-state index in [9.17, 15) is 0 Å². The van der Waals surface area contributed by atoms with Crippen molar-refractivity contribution in [3.05, 3.63) is 0 Å². The third kappa shape index (κ3) is 4.19. The van der Waals surface area contributed by atoms with Crippen LogP contribution in [0.5, 0.6) is 0 Å². The Kier molecular flexibility index (Phi) is 5.30. The molecular weight excluding hydrogens is 232 g/mol. The van der Waals surface area contributed by atoms with Gasteiger partial charge in [-0.2, -0.15) is 0 Å². The monoisotopic (exact) mass is 266 g/mol. The zero-order chi connectivity index (χ0) is 13.9. The Bertz CT molecular complexity index is 261. The summed E-state index contributed by atoms with van der Waals surface area (Å²) < 4.78 is 0. The van der Waals surface area contributed by atoms with Gasteiger partial charge in [0, 0.05) is 19.1 Å². The highest BCUT2D eigenvalue weighted by Gasteiger charge is 2.32. The van der Waals surface area contributed by atoms with Crippen LogP contribution in [0.4, 0.5) is 0 Å². The molecule has 1 aliphatic carbocycles. The maximum Gasteiger partial charge on any atom is 0.0221 e. The summed E-state index contributed by atoms with van der Waals surface area (Å²) >= 11 is 0. The van der Waals surface area contributed by atoms with E-state index in [1.54, 1.807) is 0 Å². The minimum atomic E-state index is 0.521. The number of nitrogens with zero attached hydrogens (tertiary/aromatic N) is 1. The van der Waals surface area contributed by atoms with Crippen molar-refractivity contribution in [2.75, 3.05) is 26.7 Å². The second kappa shape index (κ2) is 6.58. The molecule has 1 saturated carbocycles. The van der Waals surface area contributed by atoms with Crippen molar-refractivity contribution in [2.24, 2.45) is 17.3 Å². The Morgan fingerprint density at radius 3 is 2.32 bits per heavy atom. The van der Waals surface area contributed by atoms with Crippen molar-refractivity contribution in [3.8, 4) is 0 Å². The van der Waals surface area contributed by atoms with E-state index >= 15 is 0 Å². The molecule has 1 N–H and O–H groups in total. The van der Waals surface area contributed by atoms with Gasteiger partial charge < -0.3 is 5.32 Å². The highest BCUT2D eigenvalue weighted by atomic mass is 15.2. The van der Waals surface area contributed by atoms with Crippen molar-refractivity contribution in [1.82, 2.24) is 10.2 Å². The molecule has 0 amide bonds. The van der Waals surface area contributed by atoms with Crippen LogP contribution in [0, 0.1) is 17.3 Å². The molecule has 112 valence electrons. The van der Waals surface area contributed by atoms with E-state index in [4.69, 9.17) is 0 Å². The molecule has 0 aromatic rings. The molecule has 1 heterocycles. The lowest BCUT2D eigenvalue weighted by atomic mass is 9.70. The molecule has 1 saturated heterocycles. The first kappa shape index (κ1) is 15.3. The summed E-state index contributed by atoms with van der Waals surface area (Å²) in [5.41, 5.74) is 0.521. The first-order valence-corrected chi connectivity index (χ1v) is 8.39. The summed E-state index contributed by atoms with van der Waals surface area (Å²) in [6, 6.07) is 0.810. The molecule has 1 atom stereocenters. The van der Waals surface area contributed by atoms with Gasteiger partial charge in [-0.15, -0.1) is 0 Å². The second-order valence-corrected chi connectivity index (χ2v) is 7.93. The summed E-state index contributed by atoms with van der Waals surface area (Å²) in [6.07, 6.45) is 8.65. The molecule has 2 rings (SSSR count). The van der Waals surface area contributed by atoms with Gasteiger partial charge in [0.2, 0.25) is 0 Å². The fourth-order valence-corrected chi connectivity index (χ4v) is 4.14. The van der Waals surface area contributed by atoms with Crippen molar-refractivity contribution >= 4 is 0 Å². The van der Waals surface area contributed by atoms with Crippen LogP contribution in [-0.2, 0) is 0 Å². The van der Waals surface area contributed by atoms with Crippen LogP contribution in [0.25, 0.3) is 0 Å². The standard InChI is InChI=1S/C17H34N2/c1-17(2,3)15-9-7-14(8-10-15)13-19-11-5-6-16(19)12-18-4/h14-16,18H,5-13H2,1-4H3. The Hall–Kier alpha value is -0.0800. The molecule has 2 aliphatic rings. The number of hydrogen-bond donors (Lipinski definition) is 1. The number of nitrogens with one attached hydrogen (secondary N) is 1.